The maximum Gasteiger partial charge on any atom is 0.410 e. The average molecular weight is 1030 g/mol. The average Bonchev–Trinajstić information content (AvgIpc) is 3.48. The maximum atomic E-state index is 15.4. The number of ether oxygens (including phenoxy) is 6. The Morgan fingerprint density at radius 3 is 2.45 bits per heavy atom. The number of oxime groups is 1. The number of benzene rings is 5. The van der Waals surface area contributed by atoms with E-state index < -0.39 is 30.1 Å². The SMILES string of the molecule is C=CCOC12Oc3ccc(OCCSc4ccccc4)cc3C3C(CCCCO)C(CCCCO)C=C(C(=NOC4CCCCO4)CC1N(Cc1cccc4ccccc14)C(=O)OCCOCc1ccccc1)C32. The summed E-state index contributed by atoms with van der Waals surface area (Å²) in [6.45, 7) is 6.29. The zero-order valence-corrected chi connectivity index (χ0v) is 43.3. The van der Waals surface area contributed by atoms with Crippen molar-refractivity contribution in [1.82, 2.24) is 4.90 Å². The van der Waals surface area contributed by atoms with Crippen LogP contribution < -0.4 is 9.47 Å². The van der Waals surface area contributed by atoms with Crippen LogP contribution in [0.1, 0.15) is 86.8 Å². The minimum atomic E-state index is -1.49. The third-order valence-electron chi connectivity index (χ3n) is 14.8. The number of thioether (sulfide) groups is 1. The first-order chi connectivity index (χ1) is 36.5. The van der Waals surface area contributed by atoms with Crippen LogP contribution in [-0.4, -0.2) is 97.0 Å². The molecule has 0 bridgehead atoms. The summed E-state index contributed by atoms with van der Waals surface area (Å²) in [6.07, 6.45) is 10.5. The first-order valence-corrected chi connectivity index (χ1v) is 27.7. The number of carbonyl (C=O) groups excluding carboxylic acids is 1. The van der Waals surface area contributed by atoms with Crippen LogP contribution in [0.3, 0.4) is 0 Å². The molecule has 0 spiro atoms. The van der Waals surface area contributed by atoms with Crippen molar-refractivity contribution in [1.29, 1.82) is 0 Å². The summed E-state index contributed by atoms with van der Waals surface area (Å²) in [6, 6.07) is 39.9. The molecule has 74 heavy (non-hydrogen) atoms. The minimum absolute atomic E-state index is 0.0179. The number of fused-ring (bicyclic) bond motifs is 3. The molecule has 1 saturated carbocycles. The highest BCUT2D eigenvalue weighted by Crippen LogP contribution is 2.62. The van der Waals surface area contributed by atoms with Gasteiger partial charge in [0.25, 0.3) is 0 Å². The van der Waals surface area contributed by atoms with Gasteiger partial charge in [0.15, 0.2) is 0 Å². The van der Waals surface area contributed by atoms with Gasteiger partial charge in [0, 0.05) is 48.2 Å². The van der Waals surface area contributed by atoms with Gasteiger partial charge in [-0.1, -0.05) is 121 Å². The molecule has 9 rings (SSSR count). The summed E-state index contributed by atoms with van der Waals surface area (Å²) in [4.78, 5) is 24.7. The van der Waals surface area contributed by atoms with Crippen molar-refractivity contribution >= 4 is 34.3 Å². The van der Waals surface area contributed by atoms with E-state index in [1.165, 1.54) is 4.90 Å². The Labute approximate surface area is 440 Å². The number of unbranched alkanes of at least 4 members (excludes halogenated alkanes) is 2. The van der Waals surface area contributed by atoms with Gasteiger partial charge in [-0.15, -0.1) is 18.3 Å². The highest BCUT2D eigenvalue weighted by atomic mass is 32.2. The number of amides is 1. The second kappa shape index (κ2) is 26.7. The Morgan fingerprint density at radius 2 is 1.65 bits per heavy atom. The number of aliphatic hydroxyl groups excluding tert-OH is 2. The summed E-state index contributed by atoms with van der Waals surface area (Å²) < 4.78 is 39.8. The Morgan fingerprint density at radius 1 is 0.865 bits per heavy atom. The molecule has 7 atom stereocenters. The van der Waals surface area contributed by atoms with Crippen molar-refractivity contribution in [2.45, 2.75) is 106 Å². The fourth-order valence-electron chi connectivity index (χ4n) is 11.4. The number of hydrogen-bond donors (Lipinski definition) is 2. The van der Waals surface area contributed by atoms with E-state index in [0.717, 1.165) is 83.1 Å². The van der Waals surface area contributed by atoms with Gasteiger partial charge in [0.1, 0.15) is 24.1 Å². The van der Waals surface area contributed by atoms with Gasteiger partial charge in [-0.25, -0.2) is 4.79 Å². The van der Waals surface area contributed by atoms with E-state index in [9.17, 15) is 10.2 Å². The molecule has 2 aliphatic carbocycles. The Hall–Kier alpha value is -5.67. The van der Waals surface area contributed by atoms with Crippen molar-refractivity contribution in [3.8, 4) is 11.5 Å². The van der Waals surface area contributed by atoms with Gasteiger partial charge in [-0.3, -0.25) is 4.90 Å². The van der Waals surface area contributed by atoms with E-state index in [1.807, 2.05) is 78.9 Å². The van der Waals surface area contributed by atoms with Crippen molar-refractivity contribution in [3.63, 3.8) is 0 Å². The van der Waals surface area contributed by atoms with Crippen LogP contribution in [0.15, 0.2) is 156 Å². The molecule has 7 unspecified atom stereocenters. The third kappa shape index (κ3) is 12.9. The number of aliphatic hydroxyl groups is 2. The number of hydrogen-bond acceptors (Lipinski definition) is 12. The van der Waals surface area contributed by atoms with Crippen LogP contribution in [0.2, 0.25) is 0 Å². The highest BCUT2D eigenvalue weighted by Gasteiger charge is 2.66. The van der Waals surface area contributed by atoms with E-state index in [1.54, 1.807) is 22.7 Å². The lowest BCUT2D eigenvalue weighted by Crippen LogP contribution is -2.70. The van der Waals surface area contributed by atoms with Crippen molar-refractivity contribution < 1.29 is 48.3 Å². The Kier molecular flexibility index (Phi) is 19.2. The van der Waals surface area contributed by atoms with Crippen LogP contribution >= 0.6 is 11.8 Å². The molecule has 5 aromatic carbocycles. The molecule has 13 heteroatoms. The molecule has 0 aromatic heterocycles. The Bertz CT molecular complexity index is 2640. The van der Waals surface area contributed by atoms with Gasteiger partial charge in [-0.2, -0.15) is 0 Å². The van der Waals surface area contributed by atoms with Crippen LogP contribution in [0.5, 0.6) is 11.5 Å². The van der Waals surface area contributed by atoms with E-state index in [-0.39, 0.29) is 63.8 Å². The topological polar surface area (TPSA) is 138 Å². The Balaban J connectivity index is 1.17. The maximum absolute atomic E-state index is 15.4. The molecule has 1 amide bonds. The number of allylic oxidation sites excluding steroid dienone is 1. The largest absolute Gasteiger partial charge is 0.493 e. The summed E-state index contributed by atoms with van der Waals surface area (Å²) in [5.41, 5.74) is 4.59. The van der Waals surface area contributed by atoms with Crippen molar-refractivity contribution in [3.05, 3.63) is 162 Å². The number of rotatable bonds is 26. The summed E-state index contributed by atoms with van der Waals surface area (Å²) in [5.74, 6) is 0.000273. The smallest absolute Gasteiger partial charge is 0.410 e. The van der Waals surface area contributed by atoms with E-state index in [4.69, 9.17) is 38.4 Å². The van der Waals surface area contributed by atoms with Gasteiger partial charge in [0.2, 0.25) is 12.1 Å². The lowest BCUT2D eigenvalue weighted by molar-refractivity contribution is -0.256. The molecule has 5 aromatic rings. The van der Waals surface area contributed by atoms with Crippen molar-refractivity contribution in [2.24, 2.45) is 22.9 Å². The molecular weight excluding hydrogens is 953 g/mol. The zero-order valence-electron chi connectivity index (χ0n) is 42.5. The third-order valence-corrected chi connectivity index (χ3v) is 15.8. The number of nitrogens with zero attached hydrogens (tertiary/aromatic N) is 2. The lowest BCUT2D eigenvalue weighted by Gasteiger charge is -2.60. The van der Waals surface area contributed by atoms with Crippen LogP contribution in [0.25, 0.3) is 10.8 Å². The van der Waals surface area contributed by atoms with E-state index >= 15 is 4.79 Å². The predicted octanol–water partition coefficient (Wildman–Crippen LogP) is 12.0. The standard InChI is InChI=1S/C61H72N2O10S/c1-2-33-71-61-56(63(42-47-23-17-22-45-20-9-10-26-50(45)47)60(66)70-36-35-67-43-44-18-5-3-6-19-44)41-54(62-73-57-28-13-16-34-69-57)52-39-46(21-11-14-31-64)51(27-12-15-32-65)58(59(52)61)53-40-48(29-30-55(53)72-61)68-37-38-74-49-24-7-4-8-25-49/h2-10,17-20,22-26,29-30,39-40,46,51,56-59,64-65H,1,11-16,21,27-28,31-38,41-43H2. The summed E-state index contributed by atoms with van der Waals surface area (Å²) >= 11 is 1.75. The molecule has 2 aliphatic heterocycles. The van der Waals surface area contributed by atoms with Crippen LogP contribution in [-0.2, 0) is 36.9 Å². The van der Waals surface area contributed by atoms with E-state index in [0.29, 0.717) is 50.5 Å². The highest BCUT2D eigenvalue weighted by molar-refractivity contribution is 7.99. The molecule has 2 N–H and O–H groups in total. The first-order valence-electron chi connectivity index (χ1n) is 26.7. The van der Waals surface area contributed by atoms with Crippen LogP contribution in [0.4, 0.5) is 4.79 Å². The monoisotopic (exact) mass is 1020 g/mol. The van der Waals surface area contributed by atoms with Gasteiger partial charge < -0.3 is 43.5 Å². The molecule has 392 valence electrons. The minimum Gasteiger partial charge on any atom is -0.493 e. The molecule has 4 aliphatic rings. The van der Waals surface area contributed by atoms with Gasteiger partial charge in [0.05, 0.1) is 51.2 Å². The van der Waals surface area contributed by atoms with Gasteiger partial charge in [-0.05, 0) is 108 Å². The van der Waals surface area contributed by atoms with Crippen molar-refractivity contribution in [2.75, 3.05) is 52.0 Å². The zero-order chi connectivity index (χ0) is 51.0. The fourth-order valence-corrected chi connectivity index (χ4v) is 12.2. The molecular formula is C61H72N2O10S. The molecule has 2 heterocycles. The fraction of sp³-hybridized carbons (Fsp3) is 0.443. The first kappa shape index (κ1) is 53.2. The summed E-state index contributed by atoms with van der Waals surface area (Å²) in [7, 11) is 0. The predicted molar refractivity (Wildman–Crippen MR) is 289 cm³/mol. The van der Waals surface area contributed by atoms with Gasteiger partial charge >= 0.3 is 6.09 Å². The normalized spacial score (nSPS) is 23.5. The second-order valence-electron chi connectivity index (χ2n) is 19.6. The number of carbonyl (C=O) groups is 1. The quantitative estimate of drug-likeness (QED) is 0.0237. The lowest BCUT2D eigenvalue weighted by atomic mass is 9.55. The molecule has 1 saturated heterocycles. The second-order valence-corrected chi connectivity index (χ2v) is 20.8. The summed E-state index contributed by atoms with van der Waals surface area (Å²) in [5, 5.41) is 27.4. The molecule has 12 nitrogen and oxygen atoms in total. The molecule has 2 fully saturated rings. The van der Waals surface area contributed by atoms with Crippen LogP contribution in [0, 0.1) is 17.8 Å². The van der Waals surface area contributed by atoms with E-state index in [2.05, 4.69) is 55.1 Å². The molecule has 0 radical (unpaired) electrons.